The molecule has 0 saturated heterocycles. The van der Waals surface area contributed by atoms with Gasteiger partial charge in [0, 0.05) is 4.85 Å². The molecule has 0 aliphatic heterocycles. The SMILES string of the molecule is CC(C)c1nno[n+]1N. The van der Waals surface area contributed by atoms with Gasteiger partial charge in [0.2, 0.25) is 0 Å². The van der Waals surface area contributed by atoms with E-state index in [-0.39, 0.29) is 5.92 Å². The van der Waals surface area contributed by atoms with Crippen molar-refractivity contribution < 1.29 is 9.48 Å². The van der Waals surface area contributed by atoms with Gasteiger partial charge in [0.15, 0.2) is 0 Å². The summed E-state index contributed by atoms with van der Waals surface area (Å²) in [5.74, 6) is 6.17. The fourth-order valence-electron chi connectivity index (χ4n) is 0.555. The highest BCUT2D eigenvalue weighted by Crippen LogP contribution is 2.02. The van der Waals surface area contributed by atoms with E-state index in [4.69, 9.17) is 5.84 Å². The highest BCUT2D eigenvalue weighted by molar-refractivity contribution is 4.76. The van der Waals surface area contributed by atoms with Crippen LogP contribution in [-0.4, -0.2) is 10.4 Å². The lowest BCUT2D eigenvalue weighted by atomic mass is 10.2. The minimum Gasteiger partial charge on any atom is -0.256 e. The van der Waals surface area contributed by atoms with Crippen LogP contribution in [0.2, 0.25) is 0 Å². The van der Waals surface area contributed by atoms with Crippen molar-refractivity contribution in [2.24, 2.45) is 0 Å². The van der Waals surface area contributed by atoms with Gasteiger partial charge in [0.05, 0.1) is 5.92 Å². The van der Waals surface area contributed by atoms with E-state index in [9.17, 15) is 0 Å². The van der Waals surface area contributed by atoms with Gasteiger partial charge in [-0.25, -0.2) is 0 Å². The molecule has 0 bridgehead atoms. The van der Waals surface area contributed by atoms with Crippen LogP contribution in [0.15, 0.2) is 4.63 Å². The zero-order chi connectivity index (χ0) is 6.85. The van der Waals surface area contributed by atoms with Crippen LogP contribution in [0.25, 0.3) is 0 Å². The first-order valence-electron chi connectivity index (χ1n) is 2.71. The van der Waals surface area contributed by atoms with Gasteiger partial charge in [-0.1, -0.05) is 18.5 Å². The van der Waals surface area contributed by atoms with Crippen molar-refractivity contribution in [1.29, 1.82) is 0 Å². The number of nitrogen functional groups attached to an aromatic ring is 1. The van der Waals surface area contributed by atoms with E-state index in [0.717, 1.165) is 4.85 Å². The summed E-state index contributed by atoms with van der Waals surface area (Å²) < 4.78 is 4.46. The Bertz CT molecular complexity index is 194. The van der Waals surface area contributed by atoms with Crippen LogP contribution < -0.4 is 10.7 Å². The van der Waals surface area contributed by atoms with Gasteiger partial charge in [-0.05, 0) is 0 Å². The molecule has 5 heteroatoms. The summed E-state index contributed by atoms with van der Waals surface area (Å²) in [6.45, 7) is 3.92. The molecule has 9 heavy (non-hydrogen) atoms. The van der Waals surface area contributed by atoms with E-state index in [1.165, 1.54) is 0 Å². The lowest BCUT2D eigenvalue weighted by molar-refractivity contribution is -0.834. The van der Waals surface area contributed by atoms with Crippen molar-refractivity contribution >= 4 is 0 Å². The van der Waals surface area contributed by atoms with Crippen LogP contribution >= 0.6 is 0 Å². The molecular formula is C4H9N4O+. The third-order valence-corrected chi connectivity index (χ3v) is 1.01. The molecule has 0 atom stereocenters. The summed E-state index contributed by atoms with van der Waals surface area (Å²) in [5, 5.41) is 6.89. The van der Waals surface area contributed by atoms with Crippen LogP contribution in [0.4, 0.5) is 0 Å². The average Bonchev–Trinajstić information content (AvgIpc) is 2.13. The first kappa shape index (κ1) is 6.00. The van der Waals surface area contributed by atoms with E-state index in [1.807, 2.05) is 13.8 Å². The summed E-state index contributed by atoms with van der Waals surface area (Å²) in [7, 11) is 0. The molecule has 0 unspecified atom stereocenters. The molecule has 50 valence electrons. The number of nitrogens with zero attached hydrogens (tertiary/aromatic N) is 3. The molecule has 0 aromatic carbocycles. The summed E-state index contributed by atoms with van der Waals surface area (Å²) in [5.41, 5.74) is 0. The Morgan fingerprint density at radius 1 is 1.67 bits per heavy atom. The fraction of sp³-hybridized carbons (Fsp3) is 0.750. The zero-order valence-electron chi connectivity index (χ0n) is 5.40. The van der Waals surface area contributed by atoms with Crippen LogP contribution in [0.1, 0.15) is 25.6 Å². The molecule has 0 radical (unpaired) electrons. The van der Waals surface area contributed by atoms with Crippen molar-refractivity contribution in [1.82, 2.24) is 10.4 Å². The maximum atomic E-state index is 5.27. The molecule has 0 aliphatic carbocycles. The lowest BCUT2D eigenvalue weighted by Gasteiger charge is -1.88. The topological polar surface area (TPSA) is 68.8 Å². The van der Waals surface area contributed by atoms with Gasteiger partial charge < -0.3 is 0 Å². The van der Waals surface area contributed by atoms with E-state index in [1.54, 1.807) is 0 Å². The highest BCUT2D eigenvalue weighted by Gasteiger charge is 2.17. The maximum Gasteiger partial charge on any atom is 0.347 e. The number of aromatic nitrogens is 3. The summed E-state index contributed by atoms with van der Waals surface area (Å²) >= 11 is 0. The molecular weight excluding hydrogens is 120 g/mol. The van der Waals surface area contributed by atoms with Crippen LogP contribution in [0.3, 0.4) is 0 Å². The largest absolute Gasteiger partial charge is 0.347 e. The Balaban J connectivity index is 2.94. The summed E-state index contributed by atoms with van der Waals surface area (Å²) in [6.07, 6.45) is 0. The van der Waals surface area contributed by atoms with Crippen LogP contribution in [0.5, 0.6) is 0 Å². The number of hydrogen-bond acceptors (Lipinski definition) is 4. The van der Waals surface area contributed by atoms with Gasteiger partial charge in [0.1, 0.15) is 5.10 Å². The Morgan fingerprint density at radius 3 is 2.56 bits per heavy atom. The molecule has 0 aliphatic rings. The molecule has 5 nitrogen and oxygen atoms in total. The molecule has 0 saturated carbocycles. The molecule has 2 N–H and O–H groups in total. The van der Waals surface area contributed by atoms with E-state index in [0.29, 0.717) is 5.82 Å². The molecule has 0 fully saturated rings. The third kappa shape index (κ3) is 0.984. The van der Waals surface area contributed by atoms with Gasteiger partial charge >= 0.3 is 5.82 Å². The number of nitrogens with two attached hydrogens (primary N) is 1. The Kier molecular flexibility index (Phi) is 1.33. The zero-order valence-corrected chi connectivity index (χ0v) is 5.40. The summed E-state index contributed by atoms with van der Waals surface area (Å²) in [4.78, 5) is 1.06. The Hall–Kier alpha value is -1.13. The maximum absolute atomic E-state index is 5.27. The van der Waals surface area contributed by atoms with E-state index in [2.05, 4.69) is 15.0 Å². The van der Waals surface area contributed by atoms with Crippen molar-refractivity contribution in [3.63, 3.8) is 0 Å². The van der Waals surface area contributed by atoms with Crippen molar-refractivity contribution in [3.05, 3.63) is 5.82 Å². The standard InChI is InChI=1S/C4H9N4O/c1-3(2)4-6-7-9-8(4)5/h3H,5H2,1-2H3/q+1. The Labute approximate surface area is 52.4 Å². The summed E-state index contributed by atoms with van der Waals surface area (Å²) in [6, 6.07) is 0. The first-order chi connectivity index (χ1) is 4.22. The molecule has 1 rings (SSSR count). The molecule has 1 heterocycles. The van der Waals surface area contributed by atoms with Crippen LogP contribution in [0, 0.1) is 0 Å². The van der Waals surface area contributed by atoms with Crippen molar-refractivity contribution in [2.75, 3.05) is 5.84 Å². The second-order valence-corrected chi connectivity index (χ2v) is 2.10. The lowest BCUT2D eigenvalue weighted by Crippen LogP contribution is -2.46. The number of hydrogen-bond donors (Lipinski definition) is 1. The molecule has 1 aromatic heterocycles. The van der Waals surface area contributed by atoms with E-state index >= 15 is 0 Å². The molecule has 1 aromatic rings. The minimum atomic E-state index is 0.251. The van der Waals surface area contributed by atoms with Gasteiger partial charge in [-0.2, -0.15) is 0 Å². The Morgan fingerprint density at radius 2 is 2.33 bits per heavy atom. The van der Waals surface area contributed by atoms with Crippen molar-refractivity contribution in [3.8, 4) is 0 Å². The van der Waals surface area contributed by atoms with Gasteiger partial charge in [-0.3, -0.25) is 5.84 Å². The second-order valence-electron chi connectivity index (χ2n) is 2.10. The third-order valence-electron chi connectivity index (χ3n) is 1.01. The first-order valence-corrected chi connectivity index (χ1v) is 2.71. The average molecular weight is 129 g/mol. The quantitative estimate of drug-likeness (QED) is 0.398. The molecule has 0 amide bonds. The van der Waals surface area contributed by atoms with Gasteiger partial charge in [0.25, 0.3) is 5.27 Å². The van der Waals surface area contributed by atoms with Crippen molar-refractivity contribution in [2.45, 2.75) is 19.8 Å². The van der Waals surface area contributed by atoms with Crippen LogP contribution in [-0.2, 0) is 0 Å². The predicted octanol–water partition coefficient (Wildman–Crippen LogP) is -0.806. The second kappa shape index (κ2) is 2.00. The fourth-order valence-corrected chi connectivity index (χ4v) is 0.555. The van der Waals surface area contributed by atoms with Gasteiger partial charge in [-0.15, -0.1) is 0 Å². The number of rotatable bonds is 1. The highest BCUT2D eigenvalue weighted by atomic mass is 16.6. The predicted molar refractivity (Wildman–Crippen MR) is 28.7 cm³/mol. The smallest absolute Gasteiger partial charge is 0.256 e. The monoisotopic (exact) mass is 129 g/mol. The normalized spacial score (nSPS) is 10.6. The minimum absolute atomic E-state index is 0.251. The van der Waals surface area contributed by atoms with E-state index < -0.39 is 0 Å². The molecule has 0 spiro atoms.